The number of hydrogen-bond acceptors (Lipinski definition) is 5. The summed E-state index contributed by atoms with van der Waals surface area (Å²) < 4.78 is 5.14. The van der Waals surface area contributed by atoms with Crippen molar-refractivity contribution >= 4 is 22.6 Å². The number of pyridine rings is 1. The van der Waals surface area contributed by atoms with Crippen molar-refractivity contribution in [2.45, 2.75) is 19.9 Å². The van der Waals surface area contributed by atoms with E-state index < -0.39 is 0 Å². The van der Waals surface area contributed by atoms with Crippen molar-refractivity contribution < 1.29 is 9.53 Å². The van der Waals surface area contributed by atoms with Crippen molar-refractivity contribution in [2.24, 2.45) is 11.8 Å². The number of rotatable bonds is 6. The highest BCUT2D eigenvalue weighted by Gasteiger charge is 2.40. The number of fused-ring (bicyclic) bond motifs is 2. The lowest BCUT2D eigenvalue weighted by Gasteiger charge is -2.24. The van der Waals surface area contributed by atoms with Gasteiger partial charge in [-0.15, -0.1) is 0 Å². The van der Waals surface area contributed by atoms with Gasteiger partial charge >= 0.3 is 5.97 Å². The standard InChI is InChI=1S/C26H29N3O2/c1-2-31-25(30)13-22-8-5-11-27-26(22)29-17-23-15-28(16-24(23)18-29)14-19-9-10-20-6-3-4-7-21(20)12-19/h3-12,23-24H,2,13-18H2,1H3. The van der Waals surface area contributed by atoms with Crippen LogP contribution in [0.2, 0.25) is 0 Å². The van der Waals surface area contributed by atoms with Gasteiger partial charge < -0.3 is 9.64 Å². The number of benzene rings is 2. The maximum absolute atomic E-state index is 12.0. The molecule has 3 aromatic rings. The fraction of sp³-hybridized carbons (Fsp3) is 0.385. The predicted molar refractivity (Wildman–Crippen MR) is 123 cm³/mol. The molecule has 0 N–H and O–H groups in total. The average Bonchev–Trinajstić information content (AvgIpc) is 3.33. The smallest absolute Gasteiger partial charge is 0.310 e. The number of esters is 1. The first-order valence-corrected chi connectivity index (χ1v) is 11.2. The third-order valence-corrected chi connectivity index (χ3v) is 6.59. The van der Waals surface area contributed by atoms with Gasteiger partial charge in [-0.1, -0.05) is 42.5 Å². The number of carbonyl (C=O) groups is 1. The zero-order valence-electron chi connectivity index (χ0n) is 18.0. The van der Waals surface area contributed by atoms with Crippen molar-refractivity contribution in [1.29, 1.82) is 0 Å². The van der Waals surface area contributed by atoms with Crippen LogP contribution in [0.5, 0.6) is 0 Å². The number of likely N-dealkylation sites (tertiary alicyclic amines) is 1. The molecule has 5 heteroatoms. The zero-order chi connectivity index (χ0) is 21.2. The van der Waals surface area contributed by atoms with E-state index >= 15 is 0 Å². The Morgan fingerprint density at radius 2 is 1.77 bits per heavy atom. The van der Waals surface area contributed by atoms with Gasteiger partial charge in [0.1, 0.15) is 5.82 Å². The molecule has 2 fully saturated rings. The number of nitrogens with zero attached hydrogens (tertiary/aromatic N) is 3. The van der Waals surface area contributed by atoms with E-state index in [-0.39, 0.29) is 12.4 Å². The minimum Gasteiger partial charge on any atom is -0.466 e. The molecular weight excluding hydrogens is 386 g/mol. The Kier molecular flexibility index (Phi) is 5.60. The van der Waals surface area contributed by atoms with Crippen molar-refractivity contribution in [3.8, 4) is 0 Å². The van der Waals surface area contributed by atoms with Crippen LogP contribution in [-0.4, -0.2) is 48.6 Å². The monoisotopic (exact) mass is 415 g/mol. The summed E-state index contributed by atoms with van der Waals surface area (Å²) in [5, 5.41) is 2.61. The normalized spacial score (nSPS) is 20.9. The molecule has 2 aliphatic rings. The molecule has 31 heavy (non-hydrogen) atoms. The van der Waals surface area contributed by atoms with E-state index in [1.807, 2.05) is 25.3 Å². The van der Waals surface area contributed by atoms with Crippen LogP contribution in [0.1, 0.15) is 18.1 Å². The van der Waals surface area contributed by atoms with Gasteiger partial charge in [0.05, 0.1) is 13.0 Å². The molecule has 5 rings (SSSR count). The maximum atomic E-state index is 12.0. The van der Waals surface area contributed by atoms with Crippen molar-refractivity contribution in [3.63, 3.8) is 0 Å². The Hall–Kier alpha value is -2.92. The second-order valence-corrected chi connectivity index (χ2v) is 8.77. The molecule has 1 aromatic heterocycles. The van der Waals surface area contributed by atoms with E-state index in [0.717, 1.165) is 44.1 Å². The molecule has 3 heterocycles. The highest BCUT2D eigenvalue weighted by molar-refractivity contribution is 5.83. The predicted octanol–water partition coefficient (Wildman–Crippen LogP) is 3.91. The van der Waals surface area contributed by atoms with Crippen LogP contribution >= 0.6 is 0 Å². The summed E-state index contributed by atoms with van der Waals surface area (Å²) in [6.45, 7) is 7.51. The quantitative estimate of drug-likeness (QED) is 0.571. The first-order valence-electron chi connectivity index (χ1n) is 11.2. The number of anilines is 1. The van der Waals surface area contributed by atoms with E-state index in [1.165, 1.54) is 16.3 Å². The average molecular weight is 416 g/mol. The number of ether oxygens (including phenoxy) is 1. The zero-order valence-corrected chi connectivity index (χ0v) is 18.0. The number of carbonyl (C=O) groups excluding carboxylic acids is 1. The molecule has 5 nitrogen and oxygen atoms in total. The van der Waals surface area contributed by atoms with Crippen LogP contribution < -0.4 is 4.90 Å². The Morgan fingerprint density at radius 1 is 1.00 bits per heavy atom. The van der Waals surface area contributed by atoms with E-state index in [0.29, 0.717) is 18.4 Å². The first-order chi connectivity index (χ1) is 15.2. The largest absolute Gasteiger partial charge is 0.466 e. The van der Waals surface area contributed by atoms with Gasteiger partial charge in [-0.2, -0.15) is 0 Å². The minimum atomic E-state index is -0.183. The second kappa shape index (κ2) is 8.67. The number of hydrogen-bond donors (Lipinski definition) is 0. The van der Waals surface area contributed by atoms with Crippen molar-refractivity contribution in [2.75, 3.05) is 37.7 Å². The molecule has 2 saturated heterocycles. The van der Waals surface area contributed by atoms with Gasteiger partial charge in [0.2, 0.25) is 0 Å². The SMILES string of the molecule is CCOC(=O)Cc1cccnc1N1CC2CN(Cc3ccc4ccccc4c3)CC2C1. The van der Waals surface area contributed by atoms with Gasteiger partial charge in [0.15, 0.2) is 0 Å². The second-order valence-electron chi connectivity index (χ2n) is 8.77. The van der Waals surface area contributed by atoms with Crippen LogP contribution in [0.4, 0.5) is 5.82 Å². The van der Waals surface area contributed by atoms with E-state index in [9.17, 15) is 4.79 Å². The highest BCUT2D eigenvalue weighted by Crippen LogP contribution is 2.35. The Bertz CT molecular complexity index is 1070. The summed E-state index contributed by atoms with van der Waals surface area (Å²) in [4.78, 5) is 21.6. The van der Waals surface area contributed by atoms with Crippen molar-refractivity contribution in [1.82, 2.24) is 9.88 Å². The molecule has 0 spiro atoms. The molecule has 2 aliphatic heterocycles. The molecule has 0 amide bonds. The fourth-order valence-electron chi connectivity index (χ4n) is 5.21. The molecule has 2 aromatic carbocycles. The Balaban J connectivity index is 1.22. The Morgan fingerprint density at radius 3 is 2.55 bits per heavy atom. The summed E-state index contributed by atoms with van der Waals surface area (Å²) >= 11 is 0. The molecule has 0 aliphatic carbocycles. The van der Waals surface area contributed by atoms with E-state index in [2.05, 4.69) is 57.2 Å². The molecule has 0 saturated carbocycles. The molecule has 0 bridgehead atoms. The molecule has 2 atom stereocenters. The van der Waals surface area contributed by atoms with Gasteiger partial charge in [0, 0.05) is 44.5 Å². The summed E-state index contributed by atoms with van der Waals surface area (Å²) in [5.74, 6) is 2.07. The third kappa shape index (κ3) is 4.28. The highest BCUT2D eigenvalue weighted by atomic mass is 16.5. The maximum Gasteiger partial charge on any atom is 0.310 e. The van der Waals surface area contributed by atoms with E-state index in [1.54, 1.807) is 0 Å². The van der Waals surface area contributed by atoms with Gasteiger partial charge in [-0.25, -0.2) is 4.98 Å². The van der Waals surface area contributed by atoms with Crippen molar-refractivity contribution in [3.05, 3.63) is 71.9 Å². The van der Waals surface area contributed by atoms with Crippen LogP contribution in [0, 0.1) is 11.8 Å². The van der Waals surface area contributed by atoms with Crippen LogP contribution in [0.3, 0.4) is 0 Å². The fourth-order valence-corrected chi connectivity index (χ4v) is 5.21. The molecule has 0 radical (unpaired) electrons. The minimum absolute atomic E-state index is 0.183. The first kappa shape index (κ1) is 20.0. The Labute approximate surface area is 183 Å². The molecular formula is C26H29N3O2. The summed E-state index contributed by atoms with van der Waals surface area (Å²) in [6.07, 6.45) is 2.11. The molecule has 160 valence electrons. The topological polar surface area (TPSA) is 45.7 Å². The third-order valence-electron chi connectivity index (χ3n) is 6.59. The van der Waals surface area contributed by atoms with Gasteiger partial charge in [-0.3, -0.25) is 9.69 Å². The van der Waals surface area contributed by atoms with Crippen LogP contribution in [-0.2, 0) is 22.5 Å². The summed E-state index contributed by atoms with van der Waals surface area (Å²) in [5.41, 5.74) is 2.35. The van der Waals surface area contributed by atoms with Crippen LogP contribution in [0.25, 0.3) is 10.8 Å². The summed E-state index contributed by atoms with van der Waals surface area (Å²) in [7, 11) is 0. The lowest BCUT2D eigenvalue weighted by Crippen LogP contribution is -2.30. The van der Waals surface area contributed by atoms with Gasteiger partial charge in [-0.05, 0) is 47.2 Å². The number of aromatic nitrogens is 1. The molecule has 2 unspecified atom stereocenters. The van der Waals surface area contributed by atoms with Crippen LogP contribution in [0.15, 0.2) is 60.8 Å². The summed E-state index contributed by atoms with van der Waals surface area (Å²) in [6, 6.07) is 19.3. The lowest BCUT2D eigenvalue weighted by atomic mass is 10.0. The van der Waals surface area contributed by atoms with E-state index in [4.69, 9.17) is 4.74 Å². The lowest BCUT2D eigenvalue weighted by molar-refractivity contribution is -0.142. The van der Waals surface area contributed by atoms with Gasteiger partial charge in [0.25, 0.3) is 0 Å².